The summed E-state index contributed by atoms with van der Waals surface area (Å²) in [6, 6.07) is 4.51. The van der Waals surface area contributed by atoms with Crippen LogP contribution in [0, 0.1) is 5.82 Å². The second kappa shape index (κ2) is 4.61. The second-order valence-electron chi connectivity index (χ2n) is 3.89. The van der Waals surface area contributed by atoms with Gasteiger partial charge in [0.05, 0.1) is 5.69 Å². The molecule has 0 saturated heterocycles. The highest BCUT2D eigenvalue weighted by Crippen LogP contribution is 2.29. The zero-order chi connectivity index (χ0) is 11.5. The number of hydrogen-bond acceptors (Lipinski definition) is 3. The summed E-state index contributed by atoms with van der Waals surface area (Å²) in [4.78, 5) is 0. The Balaban J connectivity index is 2.44. The van der Waals surface area contributed by atoms with Gasteiger partial charge in [-0.2, -0.15) is 0 Å². The third-order valence-corrected chi connectivity index (χ3v) is 2.86. The molecule has 2 rings (SSSR count). The molecule has 0 aliphatic carbocycles. The van der Waals surface area contributed by atoms with E-state index in [0.717, 1.165) is 23.9 Å². The van der Waals surface area contributed by atoms with Crippen molar-refractivity contribution in [2.45, 2.75) is 25.7 Å². The molecule has 0 bridgehead atoms. The largest absolute Gasteiger partial charge is 0.356 e. The fourth-order valence-electron chi connectivity index (χ4n) is 1.96. The highest BCUT2D eigenvalue weighted by molar-refractivity contribution is 5.79. The van der Waals surface area contributed by atoms with Crippen LogP contribution < -0.4 is 5.73 Å². The zero-order valence-corrected chi connectivity index (χ0v) is 9.24. The van der Waals surface area contributed by atoms with Crippen molar-refractivity contribution in [2.24, 2.45) is 5.73 Å². The van der Waals surface area contributed by atoms with Crippen LogP contribution in [-0.4, -0.2) is 11.7 Å². The molecule has 1 atom stereocenters. The van der Waals surface area contributed by atoms with Gasteiger partial charge in [0.15, 0.2) is 5.58 Å². The molecule has 0 spiro atoms. The van der Waals surface area contributed by atoms with Crippen molar-refractivity contribution in [1.82, 2.24) is 5.16 Å². The average Bonchev–Trinajstić information content (AvgIpc) is 2.68. The first-order chi connectivity index (χ1) is 7.76. The van der Waals surface area contributed by atoms with Gasteiger partial charge in [0.1, 0.15) is 5.82 Å². The van der Waals surface area contributed by atoms with Gasteiger partial charge in [-0.05, 0) is 31.5 Å². The minimum absolute atomic E-state index is 0.289. The fourth-order valence-corrected chi connectivity index (χ4v) is 1.96. The lowest BCUT2D eigenvalue weighted by molar-refractivity contribution is 0.429. The molecule has 0 aliphatic rings. The van der Waals surface area contributed by atoms with E-state index in [1.807, 2.05) is 0 Å². The molecular weight excluding hydrogens is 207 g/mol. The molecule has 0 amide bonds. The van der Waals surface area contributed by atoms with E-state index in [1.54, 1.807) is 6.07 Å². The lowest BCUT2D eigenvalue weighted by Crippen LogP contribution is -2.07. The van der Waals surface area contributed by atoms with Gasteiger partial charge in [0.2, 0.25) is 0 Å². The maximum absolute atomic E-state index is 13.0. The Kier molecular flexibility index (Phi) is 3.19. The number of aromatic nitrogens is 1. The molecular formula is C12H15FN2O. The topological polar surface area (TPSA) is 52.0 Å². The molecule has 16 heavy (non-hydrogen) atoms. The molecule has 0 radical (unpaired) electrons. The minimum Gasteiger partial charge on any atom is -0.356 e. The summed E-state index contributed by atoms with van der Waals surface area (Å²) >= 11 is 0. The fraction of sp³-hybridized carbons (Fsp3) is 0.417. The van der Waals surface area contributed by atoms with Crippen molar-refractivity contribution in [1.29, 1.82) is 0 Å². The van der Waals surface area contributed by atoms with Crippen LogP contribution in [0.5, 0.6) is 0 Å². The van der Waals surface area contributed by atoms with Crippen LogP contribution >= 0.6 is 0 Å². The molecule has 3 nitrogen and oxygen atoms in total. The Morgan fingerprint density at radius 2 is 2.31 bits per heavy atom. The predicted molar refractivity (Wildman–Crippen MR) is 60.7 cm³/mol. The summed E-state index contributed by atoms with van der Waals surface area (Å²) in [7, 11) is 0. The van der Waals surface area contributed by atoms with Gasteiger partial charge in [0.25, 0.3) is 0 Å². The standard InChI is InChI=1S/C12H15FN2O/c1-2-8(5-6-14)12-10-4-3-9(13)7-11(10)16-15-12/h3-4,7-8H,2,5-6,14H2,1H3. The van der Waals surface area contributed by atoms with E-state index in [9.17, 15) is 4.39 Å². The van der Waals surface area contributed by atoms with Crippen molar-refractivity contribution in [3.05, 3.63) is 29.7 Å². The zero-order valence-electron chi connectivity index (χ0n) is 9.24. The molecule has 1 aromatic heterocycles. The van der Waals surface area contributed by atoms with Crippen LogP contribution in [-0.2, 0) is 0 Å². The van der Waals surface area contributed by atoms with Gasteiger partial charge >= 0.3 is 0 Å². The highest BCUT2D eigenvalue weighted by Gasteiger charge is 2.17. The summed E-state index contributed by atoms with van der Waals surface area (Å²) in [5.41, 5.74) is 6.96. The Hall–Kier alpha value is -1.42. The lowest BCUT2D eigenvalue weighted by Gasteiger charge is -2.09. The highest BCUT2D eigenvalue weighted by atomic mass is 19.1. The summed E-state index contributed by atoms with van der Waals surface area (Å²) < 4.78 is 18.1. The number of nitrogens with two attached hydrogens (primary N) is 1. The molecule has 0 saturated carbocycles. The first kappa shape index (κ1) is 11.1. The number of nitrogens with zero attached hydrogens (tertiary/aromatic N) is 1. The van der Waals surface area contributed by atoms with E-state index in [2.05, 4.69) is 12.1 Å². The van der Waals surface area contributed by atoms with E-state index in [0.29, 0.717) is 12.1 Å². The molecule has 1 unspecified atom stereocenters. The molecule has 86 valence electrons. The number of fused-ring (bicyclic) bond motifs is 1. The number of benzene rings is 1. The number of hydrogen-bond donors (Lipinski definition) is 1. The quantitative estimate of drug-likeness (QED) is 0.865. The van der Waals surface area contributed by atoms with Gasteiger partial charge in [-0.1, -0.05) is 12.1 Å². The predicted octanol–water partition coefficient (Wildman–Crippen LogP) is 2.81. The maximum atomic E-state index is 13.0. The Morgan fingerprint density at radius 1 is 1.50 bits per heavy atom. The van der Waals surface area contributed by atoms with Gasteiger partial charge < -0.3 is 10.3 Å². The molecule has 4 heteroatoms. The molecule has 0 aliphatic heterocycles. The Bertz CT molecular complexity index is 481. The second-order valence-corrected chi connectivity index (χ2v) is 3.89. The summed E-state index contributed by atoms with van der Waals surface area (Å²) in [5, 5.41) is 4.92. The smallest absolute Gasteiger partial charge is 0.170 e. The van der Waals surface area contributed by atoms with Crippen molar-refractivity contribution >= 4 is 11.0 Å². The van der Waals surface area contributed by atoms with Crippen LogP contribution in [0.25, 0.3) is 11.0 Å². The van der Waals surface area contributed by atoms with Crippen molar-refractivity contribution in [2.75, 3.05) is 6.54 Å². The summed E-state index contributed by atoms with van der Waals surface area (Å²) in [6.07, 6.45) is 1.83. The Morgan fingerprint density at radius 3 is 3.00 bits per heavy atom. The minimum atomic E-state index is -0.304. The van der Waals surface area contributed by atoms with Crippen LogP contribution in [0.1, 0.15) is 31.4 Å². The number of halogens is 1. The van der Waals surface area contributed by atoms with E-state index in [1.165, 1.54) is 12.1 Å². The van der Waals surface area contributed by atoms with E-state index in [-0.39, 0.29) is 11.7 Å². The van der Waals surface area contributed by atoms with Crippen molar-refractivity contribution in [3.8, 4) is 0 Å². The summed E-state index contributed by atoms with van der Waals surface area (Å²) in [6.45, 7) is 2.71. The average molecular weight is 222 g/mol. The normalized spacial score (nSPS) is 13.2. The molecule has 1 heterocycles. The van der Waals surface area contributed by atoms with Gasteiger partial charge in [0, 0.05) is 17.4 Å². The van der Waals surface area contributed by atoms with Crippen molar-refractivity contribution in [3.63, 3.8) is 0 Å². The summed E-state index contributed by atoms with van der Waals surface area (Å²) in [5.74, 6) is -0.0150. The third-order valence-electron chi connectivity index (χ3n) is 2.86. The first-order valence-corrected chi connectivity index (χ1v) is 5.51. The molecule has 2 N–H and O–H groups in total. The van der Waals surface area contributed by atoms with Crippen LogP contribution in [0.15, 0.2) is 22.7 Å². The third kappa shape index (κ3) is 1.93. The van der Waals surface area contributed by atoms with Gasteiger partial charge in [-0.15, -0.1) is 0 Å². The first-order valence-electron chi connectivity index (χ1n) is 5.51. The lowest BCUT2D eigenvalue weighted by atomic mass is 9.96. The van der Waals surface area contributed by atoms with E-state index >= 15 is 0 Å². The maximum Gasteiger partial charge on any atom is 0.170 e. The van der Waals surface area contributed by atoms with Crippen molar-refractivity contribution < 1.29 is 8.91 Å². The number of rotatable bonds is 4. The molecule has 1 aromatic carbocycles. The van der Waals surface area contributed by atoms with Crippen LogP contribution in [0.4, 0.5) is 4.39 Å². The van der Waals surface area contributed by atoms with Gasteiger partial charge in [-0.25, -0.2) is 4.39 Å². The SMILES string of the molecule is CCC(CCN)c1noc2cc(F)ccc12. The Labute approximate surface area is 93.4 Å². The van der Waals surface area contributed by atoms with Crippen LogP contribution in [0.2, 0.25) is 0 Å². The monoisotopic (exact) mass is 222 g/mol. The van der Waals surface area contributed by atoms with E-state index in [4.69, 9.17) is 10.3 Å². The van der Waals surface area contributed by atoms with E-state index < -0.39 is 0 Å². The molecule has 0 fully saturated rings. The van der Waals surface area contributed by atoms with Crippen LogP contribution in [0.3, 0.4) is 0 Å². The molecule has 2 aromatic rings. The van der Waals surface area contributed by atoms with Gasteiger partial charge in [-0.3, -0.25) is 0 Å².